The van der Waals surface area contributed by atoms with E-state index in [0.717, 1.165) is 51.4 Å². The summed E-state index contributed by atoms with van der Waals surface area (Å²) in [7, 11) is 0. The van der Waals surface area contributed by atoms with Crippen LogP contribution >= 0.6 is 0 Å². The van der Waals surface area contributed by atoms with E-state index in [4.69, 9.17) is 4.74 Å². The van der Waals surface area contributed by atoms with Crippen molar-refractivity contribution in [3.05, 3.63) is 24.3 Å². The number of carbonyl (C=O) groups is 2. The maximum absolute atomic E-state index is 12.4. The molecular formula is C54H103NO5. The van der Waals surface area contributed by atoms with Crippen LogP contribution in [0, 0.1) is 0 Å². The number of hydrogen-bond acceptors (Lipinski definition) is 5. The Morgan fingerprint density at radius 3 is 1.28 bits per heavy atom. The average Bonchev–Trinajstić information content (AvgIpc) is 3.25. The fraction of sp³-hybridized carbons (Fsp3) is 0.889. The van der Waals surface area contributed by atoms with Gasteiger partial charge in [-0.25, -0.2) is 0 Å². The van der Waals surface area contributed by atoms with Crippen LogP contribution in [0.5, 0.6) is 0 Å². The molecule has 0 saturated heterocycles. The number of hydrogen-bond donors (Lipinski definition) is 3. The van der Waals surface area contributed by atoms with Crippen molar-refractivity contribution in [2.75, 3.05) is 13.2 Å². The summed E-state index contributed by atoms with van der Waals surface area (Å²) in [4.78, 5) is 24.4. The third-order valence-corrected chi connectivity index (χ3v) is 12.3. The first-order valence-electron chi connectivity index (χ1n) is 26.6. The minimum absolute atomic E-state index is 0.00835. The quantitative estimate of drug-likeness (QED) is 0.0322. The molecule has 0 fully saturated rings. The Labute approximate surface area is 373 Å². The number of carbonyl (C=O) groups excluding carboxylic acids is 2. The molecule has 60 heavy (non-hydrogen) atoms. The van der Waals surface area contributed by atoms with Gasteiger partial charge < -0.3 is 20.3 Å². The molecule has 0 heterocycles. The first-order chi connectivity index (χ1) is 29.5. The van der Waals surface area contributed by atoms with Crippen molar-refractivity contribution >= 4 is 11.9 Å². The fourth-order valence-electron chi connectivity index (χ4n) is 8.14. The molecule has 0 saturated carbocycles. The van der Waals surface area contributed by atoms with Crippen LogP contribution in [-0.2, 0) is 14.3 Å². The predicted octanol–water partition coefficient (Wildman–Crippen LogP) is 15.9. The fourth-order valence-corrected chi connectivity index (χ4v) is 8.14. The van der Waals surface area contributed by atoms with Crippen molar-refractivity contribution in [3.63, 3.8) is 0 Å². The summed E-state index contributed by atoms with van der Waals surface area (Å²) >= 11 is 0. The summed E-state index contributed by atoms with van der Waals surface area (Å²) in [5.74, 6) is -0.0508. The van der Waals surface area contributed by atoms with Crippen molar-refractivity contribution in [2.24, 2.45) is 0 Å². The summed E-state index contributed by atoms with van der Waals surface area (Å²) in [6.45, 7) is 4.90. The molecule has 1 amide bonds. The van der Waals surface area contributed by atoms with Crippen molar-refractivity contribution in [1.29, 1.82) is 0 Å². The molecule has 2 unspecified atom stereocenters. The van der Waals surface area contributed by atoms with Crippen LogP contribution in [0.3, 0.4) is 0 Å². The molecule has 0 aliphatic heterocycles. The van der Waals surface area contributed by atoms with Crippen LogP contribution in [0.15, 0.2) is 24.3 Å². The third kappa shape index (κ3) is 45.9. The molecule has 3 N–H and O–H groups in total. The number of ether oxygens (including phenoxy) is 1. The number of amides is 1. The largest absolute Gasteiger partial charge is 0.466 e. The lowest BCUT2D eigenvalue weighted by Gasteiger charge is -2.22. The minimum Gasteiger partial charge on any atom is -0.466 e. The molecule has 0 aromatic heterocycles. The van der Waals surface area contributed by atoms with Gasteiger partial charge in [0.15, 0.2) is 0 Å². The van der Waals surface area contributed by atoms with Gasteiger partial charge in [0, 0.05) is 12.8 Å². The summed E-state index contributed by atoms with van der Waals surface area (Å²) < 4.78 is 5.47. The Kier molecular flexibility index (Phi) is 48.6. The molecule has 0 aromatic carbocycles. The Bertz CT molecular complexity index is 935. The van der Waals surface area contributed by atoms with Crippen molar-refractivity contribution < 1.29 is 24.5 Å². The van der Waals surface area contributed by atoms with Gasteiger partial charge in [-0.2, -0.15) is 0 Å². The second-order valence-electron chi connectivity index (χ2n) is 18.2. The highest BCUT2D eigenvalue weighted by Crippen LogP contribution is 2.16. The lowest BCUT2D eigenvalue weighted by atomic mass is 10.0. The monoisotopic (exact) mass is 846 g/mol. The van der Waals surface area contributed by atoms with Crippen molar-refractivity contribution in [3.8, 4) is 0 Å². The number of allylic oxidation sites excluding steroid dienone is 4. The first kappa shape index (κ1) is 58.3. The molecule has 0 aliphatic rings. The van der Waals surface area contributed by atoms with Crippen LogP contribution in [0.4, 0.5) is 0 Å². The van der Waals surface area contributed by atoms with E-state index in [-0.39, 0.29) is 18.5 Å². The molecular weight excluding hydrogens is 743 g/mol. The Balaban J connectivity index is 3.40. The minimum atomic E-state index is -0.666. The highest BCUT2D eigenvalue weighted by molar-refractivity contribution is 5.76. The van der Waals surface area contributed by atoms with E-state index < -0.39 is 12.1 Å². The Morgan fingerprint density at radius 1 is 0.467 bits per heavy atom. The predicted molar refractivity (Wildman–Crippen MR) is 260 cm³/mol. The molecule has 0 bridgehead atoms. The normalized spacial score (nSPS) is 12.8. The molecule has 0 aromatic rings. The summed E-state index contributed by atoms with van der Waals surface area (Å²) in [5, 5.41) is 23.1. The zero-order valence-electron chi connectivity index (χ0n) is 40.2. The number of esters is 1. The van der Waals surface area contributed by atoms with Gasteiger partial charge in [-0.05, 0) is 57.8 Å². The van der Waals surface area contributed by atoms with Crippen molar-refractivity contribution in [1.82, 2.24) is 5.32 Å². The molecule has 2 atom stereocenters. The standard InChI is InChI=1S/C54H103NO5/c1-3-5-7-9-11-13-15-16-17-22-25-28-32-36-40-44-48-54(59)60-49-45-41-37-33-29-26-23-20-18-19-21-24-27-31-35-39-43-47-53(58)55-51(50-56)52(57)46-42-38-34-30-14-12-10-8-6-4-2/h13,15,17,22,51-52,56-57H,3-12,14,16,18-21,23-50H2,1-2H3,(H,55,58)/b15-13-,22-17-. The summed E-state index contributed by atoms with van der Waals surface area (Å²) in [5.41, 5.74) is 0. The molecule has 0 rings (SSSR count). The van der Waals surface area contributed by atoms with E-state index in [2.05, 4.69) is 43.5 Å². The maximum atomic E-state index is 12.4. The zero-order chi connectivity index (χ0) is 43.7. The van der Waals surface area contributed by atoms with E-state index in [0.29, 0.717) is 25.9 Å². The van der Waals surface area contributed by atoms with Crippen LogP contribution < -0.4 is 5.32 Å². The van der Waals surface area contributed by atoms with Gasteiger partial charge in [-0.15, -0.1) is 0 Å². The molecule has 0 spiro atoms. The zero-order valence-corrected chi connectivity index (χ0v) is 40.2. The smallest absolute Gasteiger partial charge is 0.305 e. The van der Waals surface area contributed by atoms with Crippen LogP contribution in [0.25, 0.3) is 0 Å². The van der Waals surface area contributed by atoms with Crippen LogP contribution in [0.1, 0.15) is 284 Å². The molecule has 0 aliphatic carbocycles. The highest BCUT2D eigenvalue weighted by Gasteiger charge is 2.20. The summed E-state index contributed by atoms with van der Waals surface area (Å²) in [6.07, 6.45) is 58.7. The molecule has 354 valence electrons. The van der Waals surface area contributed by atoms with Gasteiger partial charge in [0.05, 0.1) is 25.4 Å². The van der Waals surface area contributed by atoms with Gasteiger partial charge in [-0.3, -0.25) is 9.59 Å². The van der Waals surface area contributed by atoms with E-state index in [1.807, 2.05) is 0 Å². The SMILES string of the molecule is CCCCCC/C=C\C/C=C\CCCCCCCC(=O)OCCCCCCCCCCCCCCCCCCCC(=O)NC(CO)C(O)CCCCCCCCCCCC. The maximum Gasteiger partial charge on any atom is 0.305 e. The van der Waals surface area contributed by atoms with Crippen molar-refractivity contribution in [2.45, 2.75) is 296 Å². The van der Waals surface area contributed by atoms with E-state index in [1.165, 1.54) is 199 Å². The summed E-state index contributed by atoms with van der Waals surface area (Å²) in [6, 6.07) is -0.544. The van der Waals surface area contributed by atoms with Gasteiger partial charge in [0.1, 0.15) is 0 Å². The lowest BCUT2D eigenvalue weighted by molar-refractivity contribution is -0.143. The number of unbranched alkanes of at least 4 members (excludes halogenated alkanes) is 34. The lowest BCUT2D eigenvalue weighted by Crippen LogP contribution is -2.45. The third-order valence-electron chi connectivity index (χ3n) is 12.3. The average molecular weight is 846 g/mol. The van der Waals surface area contributed by atoms with E-state index in [1.54, 1.807) is 0 Å². The van der Waals surface area contributed by atoms with Crippen LogP contribution in [0.2, 0.25) is 0 Å². The van der Waals surface area contributed by atoms with Gasteiger partial charge in [0.2, 0.25) is 5.91 Å². The topological polar surface area (TPSA) is 95.9 Å². The number of aliphatic hydroxyl groups is 2. The number of rotatable bonds is 49. The highest BCUT2D eigenvalue weighted by atomic mass is 16.5. The second-order valence-corrected chi connectivity index (χ2v) is 18.2. The van der Waals surface area contributed by atoms with Gasteiger partial charge in [-0.1, -0.05) is 237 Å². The second kappa shape index (κ2) is 50.0. The number of aliphatic hydroxyl groups excluding tert-OH is 2. The van der Waals surface area contributed by atoms with E-state index >= 15 is 0 Å². The number of nitrogens with one attached hydrogen (secondary N) is 1. The van der Waals surface area contributed by atoms with Gasteiger partial charge >= 0.3 is 5.97 Å². The van der Waals surface area contributed by atoms with Gasteiger partial charge in [0.25, 0.3) is 0 Å². The van der Waals surface area contributed by atoms with E-state index in [9.17, 15) is 19.8 Å². The molecule has 6 nitrogen and oxygen atoms in total. The Morgan fingerprint density at radius 2 is 0.833 bits per heavy atom. The Hall–Kier alpha value is -1.66. The molecule has 0 radical (unpaired) electrons. The first-order valence-corrected chi connectivity index (χ1v) is 26.6. The van der Waals surface area contributed by atoms with Crippen LogP contribution in [-0.4, -0.2) is 47.4 Å². The molecule has 6 heteroatoms.